The van der Waals surface area contributed by atoms with E-state index in [2.05, 4.69) is 22.3 Å². The van der Waals surface area contributed by atoms with Crippen LogP contribution in [0.4, 0.5) is 5.82 Å². The zero-order valence-corrected chi connectivity index (χ0v) is 8.86. The Hall–Kier alpha value is -1.97. The van der Waals surface area contributed by atoms with Gasteiger partial charge in [0, 0.05) is 11.6 Å². The van der Waals surface area contributed by atoms with Gasteiger partial charge in [-0.1, -0.05) is 12.1 Å². The third kappa shape index (κ3) is 1.52. The molecule has 1 aliphatic rings. The molecule has 2 heterocycles. The van der Waals surface area contributed by atoms with E-state index in [1.807, 2.05) is 12.1 Å². The fourth-order valence-electron chi connectivity index (χ4n) is 1.99. The minimum absolute atomic E-state index is 0.508. The number of aromatic nitrogens is 2. The Labute approximate surface area is 93.4 Å². The second-order valence-electron chi connectivity index (χ2n) is 3.98. The standard InChI is InChI=1S/C12H13N3O/c13-12-7-10(14-15-12)9-4-3-8-2-1-5-16-11(8)6-9/h3-4,6-7H,1-2,5H2,(H3,13,14,15). The van der Waals surface area contributed by atoms with Gasteiger partial charge in [-0.25, -0.2) is 0 Å². The highest BCUT2D eigenvalue weighted by Crippen LogP contribution is 2.30. The molecule has 3 N–H and O–H groups in total. The van der Waals surface area contributed by atoms with E-state index in [-0.39, 0.29) is 0 Å². The number of rotatable bonds is 1. The van der Waals surface area contributed by atoms with Crippen LogP contribution >= 0.6 is 0 Å². The molecule has 4 heteroatoms. The summed E-state index contributed by atoms with van der Waals surface area (Å²) in [4.78, 5) is 0. The third-order valence-electron chi connectivity index (χ3n) is 2.82. The van der Waals surface area contributed by atoms with Crippen molar-refractivity contribution in [3.05, 3.63) is 29.8 Å². The highest BCUT2D eigenvalue weighted by molar-refractivity contribution is 5.64. The van der Waals surface area contributed by atoms with Gasteiger partial charge in [0.15, 0.2) is 0 Å². The van der Waals surface area contributed by atoms with E-state index < -0.39 is 0 Å². The lowest BCUT2D eigenvalue weighted by Gasteiger charge is -2.17. The summed E-state index contributed by atoms with van der Waals surface area (Å²) in [6, 6.07) is 8.05. The van der Waals surface area contributed by atoms with Gasteiger partial charge in [-0.3, -0.25) is 5.10 Å². The number of benzene rings is 1. The average molecular weight is 215 g/mol. The number of anilines is 1. The Morgan fingerprint density at radius 2 is 2.25 bits per heavy atom. The van der Waals surface area contributed by atoms with Gasteiger partial charge >= 0.3 is 0 Å². The van der Waals surface area contributed by atoms with Gasteiger partial charge in [-0.15, -0.1) is 0 Å². The monoisotopic (exact) mass is 215 g/mol. The van der Waals surface area contributed by atoms with E-state index in [0.717, 1.165) is 36.5 Å². The minimum Gasteiger partial charge on any atom is -0.493 e. The fraction of sp³-hybridized carbons (Fsp3) is 0.250. The molecule has 0 unspecified atom stereocenters. The van der Waals surface area contributed by atoms with Crippen LogP contribution in [0, 0.1) is 0 Å². The summed E-state index contributed by atoms with van der Waals surface area (Å²) in [5.74, 6) is 1.49. The molecule has 0 fully saturated rings. The van der Waals surface area contributed by atoms with Crippen LogP contribution < -0.4 is 10.5 Å². The predicted octanol–water partition coefficient (Wildman–Crippen LogP) is 1.98. The van der Waals surface area contributed by atoms with Crippen LogP contribution in [-0.4, -0.2) is 16.8 Å². The number of H-pyrrole nitrogens is 1. The van der Waals surface area contributed by atoms with E-state index in [1.165, 1.54) is 5.56 Å². The van der Waals surface area contributed by atoms with Crippen LogP contribution in [0.25, 0.3) is 11.3 Å². The second kappa shape index (κ2) is 3.56. The highest BCUT2D eigenvalue weighted by Gasteiger charge is 2.11. The van der Waals surface area contributed by atoms with Gasteiger partial charge in [-0.2, -0.15) is 5.10 Å². The topological polar surface area (TPSA) is 63.9 Å². The van der Waals surface area contributed by atoms with Gasteiger partial charge in [0.25, 0.3) is 0 Å². The summed E-state index contributed by atoms with van der Waals surface area (Å²) in [5.41, 5.74) is 8.85. The molecule has 0 amide bonds. The second-order valence-corrected chi connectivity index (χ2v) is 3.98. The maximum absolute atomic E-state index is 5.63. The number of fused-ring (bicyclic) bond motifs is 1. The van der Waals surface area contributed by atoms with Crippen LogP contribution in [-0.2, 0) is 6.42 Å². The van der Waals surface area contributed by atoms with Crippen LogP contribution in [0.2, 0.25) is 0 Å². The summed E-state index contributed by atoms with van der Waals surface area (Å²) in [5, 5.41) is 6.81. The van der Waals surface area contributed by atoms with Crippen LogP contribution in [0.1, 0.15) is 12.0 Å². The largest absolute Gasteiger partial charge is 0.493 e. The predicted molar refractivity (Wildman–Crippen MR) is 62.3 cm³/mol. The number of nitrogens with one attached hydrogen (secondary N) is 1. The van der Waals surface area contributed by atoms with Gasteiger partial charge < -0.3 is 10.5 Å². The lowest BCUT2D eigenvalue weighted by molar-refractivity contribution is 0.288. The Balaban J connectivity index is 2.02. The smallest absolute Gasteiger partial charge is 0.145 e. The molecule has 4 nitrogen and oxygen atoms in total. The molecule has 82 valence electrons. The van der Waals surface area contributed by atoms with Gasteiger partial charge in [0.05, 0.1) is 12.3 Å². The molecule has 0 saturated heterocycles. The summed E-state index contributed by atoms with van der Waals surface area (Å²) in [6.45, 7) is 0.807. The van der Waals surface area contributed by atoms with Crippen molar-refractivity contribution in [2.45, 2.75) is 12.8 Å². The van der Waals surface area contributed by atoms with Crippen molar-refractivity contribution in [3.8, 4) is 17.0 Å². The fourth-order valence-corrected chi connectivity index (χ4v) is 1.99. The average Bonchev–Trinajstić information content (AvgIpc) is 2.75. The highest BCUT2D eigenvalue weighted by atomic mass is 16.5. The van der Waals surface area contributed by atoms with E-state index in [9.17, 15) is 0 Å². The van der Waals surface area contributed by atoms with Crippen molar-refractivity contribution in [2.75, 3.05) is 12.3 Å². The first-order chi connectivity index (χ1) is 7.83. The van der Waals surface area contributed by atoms with E-state index >= 15 is 0 Å². The first-order valence-corrected chi connectivity index (χ1v) is 5.40. The number of nitrogen functional groups attached to an aromatic ring is 1. The molecule has 2 aromatic rings. The van der Waals surface area contributed by atoms with Crippen LogP contribution in [0.3, 0.4) is 0 Å². The van der Waals surface area contributed by atoms with Crippen LogP contribution in [0.5, 0.6) is 5.75 Å². The molecule has 0 aliphatic carbocycles. The van der Waals surface area contributed by atoms with Gasteiger partial charge in [0.2, 0.25) is 0 Å². The first kappa shape index (κ1) is 9.27. The number of hydrogen-bond acceptors (Lipinski definition) is 3. The molecule has 0 bridgehead atoms. The zero-order valence-electron chi connectivity index (χ0n) is 8.86. The summed E-state index contributed by atoms with van der Waals surface area (Å²) in [6.07, 6.45) is 2.20. The lowest BCUT2D eigenvalue weighted by atomic mass is 10.0. The first-order valence-electron chi connectivity index (χ1n) is 5.40. The van der Waals surface area contributed by atoms with Crippen molar-refractivity contribution >= 4 is 5.82 Å². The number of aromatic amines is 1. The molecule has 0 saturated carbocycles. The Morgan fingerprint density at radius 1 is 1.31 bits per heavy atom. The maximum Gasteiger partial charge on any atom is 0.145 e. The minimum atomic E-state index is 0.508. The maximum atomic E-state index is 5.63. The molecular formula is C12H13N3O. The van der Waals surface area contributed by atoms with Gasteiger partial charge in [0.1, 0.15) is 11.6 Å². The summed E-state index contributed by atoms with van der Waals surface area (Å²) >= 11 is 0. The number of aryl methyl sites for hydroxylation is 1. The molecule has 16 heavy (non-hydrogen) atoms. The van der Waals surface area contributed by atoms with Crippen molar-refractivity contribution < 1.29 is 4.74 Å². The normalized spacial score (nSPS) is 14.2. The number of hydrogen-bond donors (Lipinski definition) is 2. The molecule has 3 rings (SSSR count). The molecule has 0 radical (unpaired) electrons. The molecule has 1 aromatic carbocycles. The van der Waals surface area contributed by atoms with E-state index in [0.29, 0.717) is 5.82 Å². The molecule has 1 aliphatic heterocycles. The van der Waals surface area contributed by atoms with Crippen molar-refractivity contribution in [1.82, 2.24) is 10.2 Å². The summed E-state index contributed by atoms with van der Waals surface area (Å²) in [7, 11) is 0. The van der Waals surface area contributed by atoms with Crippen molar-refractivity contribution in [1.29, 1.82) is 0 Å². The Morgan fingerprint density at radius 3 is 3.06 bits per heavy atom. The number of nitrogens with zero attached hydrogens (tertiary/aromatic N) is 1. The van der Waals surface area contributed by atoms with E-state index in [1.54, 1.807) is 0 Å². The van der Waals surface area contributed by atoms with Gasteiger partial charge in [-0.05, 0) is 24.5 Å². The van der Waals surface area contributed by atoms with Crippen molar-refractivity contribution in [3.63, 3.8) is 0 Å². The quantitative estimate of drug-likeness (QED) is 0.764. The lowest BCUT2D eigenvalue weighted by Crippen LogP contribution is -2.07. The SMILES string of the molecule is Nc1cc(-c2ccc3c(c2)OCCC3)[nH]n1. The molecule has 0 spiro atoms. The summed E-state index contributed by atoms with van der Waals surface area (Å²) < 4.78 is 5.63. The van der Waals surface area contributed by atoms with E-state index in [4.69, 9.17) is 10.5 Å². The molecule has 0 atom stereocenters. The Bertz CT molecular complexity index is 519. The third-order valence-corrected chi connectivity index (χ3v) is 2.82. The molecular weight excluding hydrogens is 202 g/mol. The Kier molecular flexibility index (Phi) is 2.06. The molecule has 1 aromatic heterocycles. The number of nitrogens with two attached hydrogens (primary N) is 1. The zero-order chi connectivity index (χ0) is 11.0. The van der Waals surface area contributed by atoms with Crippen molar-refractivity contribution in [2.24, 2.45) is 0 Å². The van der Waals surface area contributed by atoms with Crippen LogP contribution in [0.15, 0.2) is 24.3 Å². The number of ether oxygens (including phenoxy) is 1.